The van der Waals surface area contributed by atoms with Gasteiger partial charge in [0, 0.05) is 50.4 Å². The summed E-state index contributed by atoms with van der Waals surface area (Å²) < 4.78 is 0. The Balaban J connectivity index is 1.90. The monoisotopic (exact) mass is 294 g/mol. The first-order valence-corrected chi connectivity index (χ1v) is 7.17. The Morgan fingerprint density at radius 2 is 1.90 bits per heavy atom. The number of hydrogen-bond acceptors (Lipinski definition) is 5. The molecule has 1 saturated heterocycles. The fourth-order valence-corrected chi connectivity index (χ4v) is 2.71. The molecule has 0 radical (unpaired) electrons. The lowest BCUT2D eigenvalue weighted by Crippen LogP contribution is -2.47. The van der Waals surface area contributed by atoms with Crippen molar-refractivity contribution < 1.29 is 20.1 Å². The molecule has 2 rings (SSSR count). The van der Waals surface area contributed by atoms with Crippen LogP contribution in [0.3, 0.4) is 0 Å². The Bertz CT molecular complexity index is 498. The summed E-state index contributed by atoms with van der Waals surface area (Å²) in [6, 6.07) is 4.74. The van der Waals surface area contributed by atoms with Crippen LogP contribution in [0.2, 0.25) is 0 Å². The molecule has 21 heavy (non-hydrogen) atoms. The van der Waals surface area contributed by atoms with Crippen LogP contribution in [0.25, 0.3) is 0 Å². The zero-order valence-corrected chi connectivity index (χ0v) is 12.2. The average molecular weight is 294 g/mol. The Kier molecular flexibility index (Phi) is 5.03. The molecular formula is C15H22N2O4. The maximum Gasteiger partial charge on any atom is 0.304 e. The first-order valence-electron chi connectivity index (χ1n) is 7.17. The fourth-order valence-electron chi connectivity index (χ4n) is 2.71. The molecule has 0 spiro atoms. The van der Waals surface area contributed by atoms with Gasteiger partial charge in [0.15, 0.2) is 0 Å². The summed E-state index contributed by atoms with van der Waals surface area (Å²) in [7, 11) is 0. The molecule has 0 aliphatic carbocycles. The van der Waals surface area contributed by atoms with Crippen LogP contribution in [0.5, 0.6) is 11.5 Å². The quantitative estimate of drug-likeness (QED) is 0.758. The summed E-state index contributed by atoms with van der Waals surface area (Å²) in [5.74, 6) is -0.599. The lowest BCUT2D eigenvalue weighted by atomic mass is 10.0. The highest BCUT2D eigenvalue weighted by Crippen LogP contribution is 2.31. The molecule has 1 aromatic carbocycles. The van der Waals surface area contributed by atoms with Crippen LogP contribution in [0.15, 0.2) is 18.2 Å². The van der Waals surface area contributed by atoms with E-state index in [9.17, 15) is 15.0 Å². The average Bonchev–Trinajstić information content (AvgIpc) is 2.45. The number of aliphatic carboxylic acids is 1. The van der Waals surface area contributed by atoms with Crippen molar-refractivity contribution in [2.75, 3.05) is 32.7 Å². The first kappa shape index (κ1) is 15.6. The number of phenolic OH excluding ortho intramolecular Hbond substituents is 2. The van der Waals surface area contributed by atoms with Gasteiger partial charge in [0.2, 0.25) is 0 Å². The number of phenols is 2. The van der Waals surface area contributed by atoms with Gasteiger partial charge >= 0.3 is 5.97 Å². The van der Waals surface area contributed by atoms with E-state index in [1.165, 1.54) is 6.07 Å². The summed E-state index contributed by atoms with van der Waals surface area (Å²) in [6.45, 7) is 5.94. The summed E-state index contributed by atoms with van der Waals surface area (Å²) >= 11 is 0. The van der Waals surface area contributed by atoms with Gasteiger partial charge in [0.05, 0.1) is 6.42 Å². The second-order valence-corrected chi connectivity index (χ2v) is 5.44. The van der Waals surface area contributed by atoms with E-state index in [1.807, 2.05) is 6.92 Å². The summed E-state index contributed by atoms with van der Waals surface area (Å²) in [4.78, 5) is 15.0. The second-order valence-electron chi connectivity index (χ2n) is 5.44. The summed E-state index contributed by atoms with van der Waals surface area (Å²) in [6.07, 6.45) is 0.175. The highest BCUT2D eigenvalue weighted by atomic mass is 16.4. The van der Waals surface area contributed by atoms with Crippen LogP contribution in [0.4, 0.5) is 0 Å². The minimum Gasteiger partial charge on any atom is -0.508 e. The van der Waals surface area contributed by atoms with Crippen molar-refractivity contribution in [1.82, 2.24) is 9.80 Å². The number of carboxylic acid groups (broad SMARTS) is 1. The molecule has 1 aromatic rings. The highest BCUT2D eigenvalue weighted by Gasteiger charge is 2.23. The van der Waals surface area contributed by atoms with Crippen molar-refractivity contribution in [1.29, 1.82) is 0 Å². The second kappa shape index (κ2) is 6.78. The third-order valence-corrected chi connectivity index (χ3v) is 4.06. The van der Waals surface area contributed by atoms with E-state index in [0.717, 1.165) is 31.7 Å². The van der Waals surface area contributed by atoms with E-state index in [0.29, 0.717) is 6.54 Å². The zero-order valence-electron chi connectivity index (χ0n) is 12.2. The van der Waals surface area contributed by atoms with E-state index in [1.54, 1.807) is 12.1 Å². The molecule has 1 aliphatic rings. The molecule has 0 amide bonds. The topological polar surface area (TPSA) is 84.2 Å². The molecule has 1 atom stereocenters. The van der Waals surface area contributed by atoms with Gasteiger partial charge < -0.3 is 20.2 Å². The minimum absolute atomic E-state index is 0.0574. The predicted octanol–water partition coefficient (Wildman–Crippen LogP) is 1.25. The van der Waals surface area contributed by atoms with Crippen molar-refractivity contribution in [3.05, 3.63) is 23.8 Å². The normalized spacial score (nSPS) is 18.5. The van der Waals surface area contributed by atoms with Crippen molar-refractivity contribution in [2.45, 2.75) is 19.4 Å². The van der Waals surface area contributed by atoms with Crippen molar-refractivity contribution in [3.63, 3.8) is 0 Å². The number of rotatable bonds is 5. The largest absolute Gasteiger partial charge is 0.508 e. The molecule has 1 heterocycles. The van der Waals surface area contributed by atoms with Crippen LogP contribution in [-0.4, -0.2) is 63.8 Å². The number of hydrogen-bond donors (Lipinski definition) is 3. The van der Waals surface area contributed by atoms with Crippen LogP contribution in [0, 0.1) is 0 Å². The lowest BCUT2D eigenvalue weighted by Gasteiger charge is -2.38. The number of aromatic hydroxyl groups is 2. The Morgan fingerprint density at radius 3 is 2.48 bits per heavy atom. The van der Waals surface area contributed by atoms with Crippen molar-refractivity contribution >= 4 is 5.97 Å². The molecule has 1 aliphatic heterocycles. The van der Waals surface area contributed by atoms with Crippen LogP contribution < -0.4 is 0 Å². The highest BCUT2D eigenvalue weighted by molar-refractivity contribution is 5.66. The van der Waals surface area contributed by atoms with Gasteiger partial charge in [-0.2, -0.15) is 0 Å². The molecule has 1 unspecified atom stereocenters. The molecule has 3 N–H and O–H groups in total. The lowest BCUT2D eigenvalue weighted by molar-refractivity contribution is -0.137. The van der Waals surface area contributed by atoms with Gasteiger partial charge in [0.1, 0.15) is 11.5 Å². The molecule has 0 aromatic heterocycles. The van der Waals surface area contributed by atoms with E-state index in [4.69, 9.17) is 5.11 Å². The Hall–Kier alpha value is -1.79. The fraction of sp³-hybridized carbons (Fsp3) is 0.533. The Labute approximate surface area is 124 Å². The van der Waals surface area contributed by atoms with Crippen LogP contribution in [0.1, 0.15) is 24.9 Å². The van der Waals surface area contributed by atoms with Crippen molar-refractivity contribution in [3.8, 4) is 11.5 Å². The smallest absolute Gasteiger partial charge is 0.304 e. The molecule has 116 valence electrons. The molecule has 0 saturated carbocycles. The Morgan fingerprint density at radius 1 is 1.24 bits per heavy atom. The zero-order chi connectivity index (χ0) is 15.4. The van der Waals surface area contributed by atoms with Gasteiger partial charge in [0.25, 0.3) is 0 Å². The van der Waals surface area contributed by atoms with Gasteiger partial charge in [-0.3, -0.25) is 9.69 Å². The molecular weight excluding hydrogens is 272 g/mol. The predicted molar refractivity (Wildman–Crippen MR) is 78.5 cm³/mol. The van der Waals surface area contributed by atoms with Gasteiger partial charge in [-0.25, -0.2) is 0 Å². The van der Waals surface area contributed by atoms with Gasteiger partial charge in [-0.05, 0) is 13.0 Å². The number of nitrogens with zero attached hydrogens (tertiary/aromatic N) is 2. The minimum atomic E-state index is -0.764. The number of carboxylic acids is 1. The maximum atomic E-state index is 10.6. The third kappa shape index (κ3) is 4.09. The molecule has 6 nitrogen and oxygen atoms in total. The van der Waals surface area contributed by atoms with Crippen LogP contribution in [-0.2, 0) is 4.79 Å². The number of carbonyl (C=O) groups is 1. The van der Waals surface area contributed by atoms with Crippen LogP contribution >= 0.6 is 0 Å². The van der Waals surface area contributed by atoms with Gasteiger partial charge in [-0.1, -0.05) is 6.07 Å². The summed E-state index contributed by atoms with van der Waals surface area (Å²) in [5, 5.41) is 28.0. The first-order chi connectivity index (χ1) is 9.97. The van der Waals surface area contributed by atoms with E-state index in [-0.39, 0.29) is 24.0 Å². The number of benzene rings is 1. The number of piperazine rings is 1. The molecule has 6 heteroatoms. The van der Waals surface area contributed by atoms with Crippen molar-refractivity contribution in [2.24, 2.45) is 0 Å². The summed E-state index contributed by atoms with van der Waals surface area (Å²) in [5.41, 5.74) is 0.798. The standard InChI is InChI=1S/C15H22N2O4/c1-11(13-3-2-12(18)10-14(13)19)17-8-6-16(7-9-17)5-4-15(20)21/h2-3,10-11,18-19H,4-9H2,1H3,(H,20,21). The van der Waals surface area contributed by atoms with Gasteiger partial charge in [-0.15, -0.1) is 0 Å². The molecule has 1 fully saturated rings. The van der Waals surface area contributed by atoms with E-state index >= 15 is 0 Å². The molecule has 0 bridgehead atoms. The van der Waals surface area contributed by atoms with E-state index in [2.05, 4.69) is 9.80 Å². The maximum absolute atomic E-state index is 10.6. The van der Waals surface area contributed by atoms with E-state index < -0.39 is 5.97 Å². The third-order valence-electron chi connectivity index (χ3n) is 4.06. The SMILES string of the molecule is CC(c1ccc(O)cc1O)N1CCN(CCC(=O)O)CC1.